The fraction of sp³-hybridized carbons (Fsp3) is 0.160. The molecule has 4 rings (SSSR count). The minimum atomic E-state index is -0.122. The van der Waals surface area contributed by atoms with Crippen LogP contribution in [0.1, 0.15) is 11.1 Å². The van der Waals surface area contributed by atoms with E-state index < -0.39 is 0 Å². The summed E-state index contributed by atoms with van der Waals surface area (Å²) < 4.78 is 16.6. The van der Waals surface area contributed by atoms with Gasteiger partial charge in [-0.05, 0) is 47.5 Å². The number of amides is 1. The molecule has 8 heteroatoms. The second-order valence-corrected chi connectivity index (χ2v) is 7.96. The zero-order valence-corrected chi connectivity index (χ0v) is 18.9. The molecule has 0 atom stereocenters. The molecule has 7 nitrogen and oxygen atoms in total. The predicted molar refractivity (Wildman–Crippen MR) is 126 cm³/mol. The van der Waals surface area contributed by atoms with Crippen LogP contribution >= 0.6 is 11.8 Å². The van der Waals surface area contributed by atoms with E-state index in [9.17, 15) is 4.79 Å². The van der Waals surface area contributed by atoms with Crippen LogP contribution in [0.4, 0.5) is 0 Å². The maximum Gasteiger partial charge on any atom is 0.277 e. The normalized spacial score (nSPS) is 10.6. The summed E-state index contributed by atoms with van der Waals surface area (Å²) >= 11 is 1.20. The molecule has 1 N–H and O–H groups in total. The Morgan fingerprint density at radius 1 is 0.909 bits per heavy atom. The Morgan fingerprint density at radius 3 is 2.39 bits per heavy atom. The summed E-state index contributed by atoms with van der Waals surface area (Å²) in [5.74, 6) is 2.00. The Morgan fingerprint density at radius 2 is 1.64 bits per heavy atom. The van der Waals surface area contributed by atoms with Crippen LogP contribution in [-0.2, 0) is 17.9 Å². The molecular formula is C25H23N3O4S. The van der Waals surface area contributed by atoms with Gasteiger partial charge in [0.05, 0.1) is 12.9 Å². The first-order valence-electron chi connectivity index (χ1n) is 10.3. The first kappa shape index (κ1) is 22.4. The van der Waals surface area contributed by atoms with Gasteiger partial charge < -0.3 is 19.2 Å². The van der Waals surface area contributed by atoms with E-state index in [1.165, 1.54) is 11.8 Å². The molecule has 0 saturated carbocycles. The van der Waals surface area contributed by atoms with Gasteiger partial charge in [0.25, 0.3) is 5.22 Å². The first-order valence-corrected chi connectivity index (χ1v) is 11.3. The second-order valence-electron chi connectivity index (χ2n) is 7.04. The summed E-state index contributed by atoms with van der Waals surface area (Å²) in [6.45, 7) is 0.843. The van der Waals surface area contributed by atoms with Crippen LogP contribution in [0.25, 0.3) is 11.5 Å². The van der Waals surface area contributed by atoms with E-state index in [0.717, 1.165) is 28.2 Å². The maximum atomic E-state index is 12.4. The maximum absolute atomic E-state index is 12.4. The summed E-state index contributed by atoms with van der Waals surface area (Å²) in [4.78, 5) is 12.4. The van der Waals surface area contributed by atoms with Crippen LogP contribution in [-0.4, -0.2) is 29.0 Å². The number of benzene rings is 3. The van der Waals surface area contributed by atoms with E-state index >= 15 is 0 Å². The molecule has 4 aromatic rings. The van der Waals surface area contributed by atoms with Gasteiger partial charge in [0.15, 0.2) is 0 Å². The summed E-state index contributed by atoms with van der Waals surface area (Å²) in [7, 11) is 1.61. The van der Waals surface area contributed by atoms with Crippen molar-refractivity contribution in [3.8, 4) is 23.0 Å². The monoisotopic (exact) mass is 461 g/mol. The van der Waals surface area contributed by atoms with Gasteiger partial charge in [-0.1, -0.05) is 54.2 Å². The highest BCUT2D eigenvalue weighted by atomic mass is 32.2. The number of ether oxygens (including phenoxy) is 2. The number of para-hydroxylation sites is 1. The van der Waals surface area contributed by atoms with Gasteiger partial charge in [-0.2, -0.15) is 0 Å². The van der Waals surface area contributed by atoms with Crippen LogP contribution in [0.2, 0.25) is 0 Å². The van der Waals surface area contributed by atoms with Crippen molar-refractivity contribution in [1.82, 2.24) is 15.5 Å². The van der Waals surface area contributed by atoms with E-state index in [-0.39, 0.29) is 11.7 Å². The number of nitrogens with zero attached hydrogens (tertiary/aromatic N) is 2. The number of hydrogen-bond donors (Lipinski definition) is 1. The highest BCUT2D eigenvalue weighted by molar-refractivity contribution is 7.99. The highest BCUT2D eigenvalue weighted by Crippen LogP contribution is 2.24. The van der Waals surface area contributed by atoms with Crippen LogP contribution < -0.4 is 14.8 Å². The minimum absolute atomic E-state index is 0.122. The molecule has 168 valence electrons. The molecule has 0 aliphatic carbocycles. The van der Waals surface area contributed by atoms with Gasteiger partial charge in [-0.3, -0.25) is 4.79 Å². The number of hydrogen-bond acceptors (Lipinski definition) is 7. The van der Waals surface area contributed by atoms with Crippen molar-refractivity contribution in [2.24, 2.45) is 0 Å². The lowest BCUT2D eigenvalue weighted by atomic mass is 10.1. The number of rotatable bonds is 10. The van der Waals surface area contributed by atoms with Gasteiger partial charge in [0.1, 0.15) is 18.1 Å². The Labute approximate surface area is 196 Å². The molecule has 0 fully saturated rings. The van der Waals surface area contributed by atoms with Crippen molar-refractivity contribution in [2.45, 2.75) is 18.4 Å². The van der Waals surface area contributed by atoms with E-state index in [0.29, 0.717) is 24.3 Å². The topological polar surface area (TPSA) is 86.5 Å². The smallest absolute Gasteiger partial charge is 0.277 e. The third-order valence-corrected chi connectivity index (χ3v) is 5.62. The average molecular weight is 462 g/mol. The molecule has 1 heterocycles. The second kappa shape index (κ2) is 11.2. The molecule has 3 aromatic carbocycles. The third-order valence-electron chi connectivity index (χ3n) is 4.80. The number of methoxy groups -OCH3 is 1. The first-order chi connectivity index (χ1) is 16.2. The number of aromatic nitrogens is 2. The van der Waals surface area contributed by atoms with E-state index in [1.54, 1.807) is 7.11 Å². The van der Waals surface area contributed by atoms with Gasteiger partial charge in [-0.25, -0.2) is 0 Å². The molecule has 1 aromatic heterocycles. The van der Waals surface area contributed by atoms with Crippen LogP contribution in [0.5, 0.6) is 11.5 Å². The van der Waals surface area contributed by atoms with E-state index in [1.807, 2.05) is 78.9 Å². The number of nitrogens with one attached hydrogen (secondary N) is 1. The molecule has 0 saturated heterocycles. The summed E-state index contributed by atoms with van der Waals surface area (Å²) in [6.07, 6.45) is 0. The highest BCUT2D eigenvalue weighted by Gasteiger charge is 2.12. The molecule has 0 radical (unpaired) electrons. The Balaban J connectivity index is 1.26. The minimum Gasteiger partial charge on any atom is -0.497 e. The summed E-state index contributed by atoms with van der Waals surface area (Å²) in [5.41, 5.74) is 2.82. The van der Waals surface area contributed by atoms with Crippen LogP contribution in [0.15, 0.2) is 88.5 Å². The predicted octanol–water partition coefficient (Wildman–Crippen LogP) is 4.73. The van der Waals surface area contributed by atoms with Crippen molar-refractivity contribution in [2.75, 3.05) is 12.9 Å². The fourth-order valence-corrected chi connectivity index (χ4v) is 3.63. The molecule has 0 aliphatic heterocycles. The van der Waals surface area contributed by atoms with Crippen molar-refractivity contribution in [3.05, 3.63) is 90.0 Å². The number of carbonyl (C=O) groups excluding carboxylic acids is 1. The largest absolute Gasteiger partial charge is 0.497 e. The summed E-state index contributed by atoms with van der Waals surface area (Å²) in [5, 5.41) is 11.3. The summed E-state index contributed by atoms with van der Waals surface area (Å²) in [6, 6.07) is 24.9. The zero-order chi connectivity index (χ0) is 22.9. The van der Waals surface area contributed by atoms with Gasteiger partial charge >= 0.3 is 0 Å². The van der Waals surface area contributed by atoms with E-state index in [4.69, 9.17) is 13.9 Å². The van der Waals surface area contributed by atoms with Crippen molar-refractivity contribution >= 4 is 17.7 Å². The van der Waals surface area contributed by atoms with E-state index in [2.05, 4.69) is 15.5 Å². The van der Waals surface area contributed by atoms with Gasteiger partial charge in [0, 0.05) is 12.1 Å². The van der Waals surface area contributed by atoms with Crippen LogP contribution in [0, 0.1) is 0 Å². The molecule has 0 aliphatic rings. The van der Waals surface area contributed by atoms with Crippen molar-refractivity contribution in [3.63, 3.8) is 0 Å². The molecule has 33 heavy (non-hydrogen) atoms. The SMILES string of the molecule is COc1ccc(-c2nnc(SCC(=O)NCc3ccccc3COc3ccccc3)o2)cc1. The quantitative estimate of drug-likeness (QED) is 0.342. The molecule has 0 bridgehead atoms. The van der Waals surface area contributed by atoms with Crippen LogP contribution in [0.3, 0.4) is 0 Å². The lowest BCUT2D eigenvalue weighted by Crippen LogP contribution is -2.25. The third kappa shape index (κ3) is 6.36. The Hall–Kier alpha value is -3.78. The molecular weight excluding hydrogens is 438 g/mol. The fourth-order valence-electron chi connectivity index (χ4n) is 3.04. The van der Waals surface area contributed by atoms with Gasteiger partial charge in [0.2, 0.25) is 11.8 Å². The Bertz CT molecular complexity index is 1180. The Kier molecular flexibility index (Phi) is 7.60. The number of carbonyl (C=O) groups is 1. The zero-order valence-electron chi connectivity index (χ0n) is 18.1. The van der Waals surface area contributed by atoms with Crippen molar-refractivity contribution in [1.29, 1.82) is 0 Å². The average Bonchev–Trinajstić information content (AvgIpc) is 3.35. The molecule has 1 amide bonds. The number of thioether (sulfide) groups is 1. The lowest BCUT2D eigenvalue weighted by molar-refractivity contribution is -0.118. The molecule has 0 unspecified atom stereocenters. The lowest BCUT2D eigenvalue weighted by Gasteiger charge is -2.12. The van der Waals surface area contributed by atoms with Gasteiger partial charge in [-0.15, -0.1) is 10.2 Å². The molecule has 0 spiro atoms. The standard InChI is InChI=1S/C25H23N3O4S/c1-30-21-13-11-18(12-14-21)24-27-28-25(32-24)33-17-23(29)26-15-19-7-5-6-8-20(19)16-31-22-9-3-2-4-10-22/h2-14H,15-17H2,1H3,(H,26,29). The van der Waals surface area contributed by atoms with Crippen molar-refractivity contribution < 1.29 is 18.7 Å².